The van der Waals surface area contributed by atoms with Crippen LogP contribution in [-0.4, -0.2) is 49.0 Å². The van der Waals surface area contributed by atoms with Gasteiger partial charge in [0.05, 0.1) is 10.5 Å². The van der Waals surface area contributed by atoms with Gasteiger partial charge in [0.2, 0.25) is 10.0 Å². The summed E-state index contributed by atoms with van der Waals surface area (Å²) in [5.41, 5.74) is -0.0627. The normalized spacial score (nSPS) is 24.0. The molecule has 0 amide bonds. The second-order valence-electron chi connectivity index (χ2n) is 5.24. The number of carboxylic acid groups (broad SMARTS) is 1. The van der Waals surface area contributed by atoms with E-state index in [4.69, 9.17) is 5.11 Å². The van der Waals surface area contributed by atoms with Crippen molar-refractivity contribution in [1.82, 2.24) is 9.62 Å². The SMILES string of the molecule is CC1CN(S(=O)(=O)c2ccc(Br)c(C(=O)O)c2)CC(C)N1. The van der Waals surface area contributed by atoms with Crippen LogP contribution in [0, 0.1) is 0 Å². The molecule has 0 radical (unpaired) electrons. The highest BCUT2D eigenvalue weighted by atomic mass is 79.9. The minimum Gasteiger partial charge on any atom is -0.478 e. The van der Waals surface area contributed by atoms with E-state index in [1.807, 2.05) is 13.8 Å². The van der Waals surface area contributed by atoms with Crippen LogP contribution in [0.3, 0.4) is 0 Å². The number of carboxylic acids is 1. The summed E-state index contributed by atoms with van der Waals surface area (Å²) < 4.78 is 27.1. The van der Waals surface area contributed by atoms with Crippen LogP contribution in [0.1, 0.15) is 24.2 Å². The Labute approximate surface area is 132 Å². The van der Waals surface area contributed by atoms with E-state index in [0.29, 0.717) is 17.6 Å². The van der Waals surface area contributed by atoms with E-state index >= 15 is 0 Å². The predicted octanol–water partition coefficient (Wildman–Crippen LogP) is 1.52. The summed E-state index contributed by atoms with van der Waals surface area (Å²) in [4.78, 5) is 11.1. The van der Waals surface area contributed by atoms with Crippen LogP contribution in [0.4, 0.5) is 0 Å². The first kappa shape index (κ1) is 16.4. The van der Waals surface area contributed by atoms with Crippen LogP contribution < -0.4 is 5.32 Å². The van der Waals surface area contributed by atoms with Gasteiger partial charge in [0.1, 0.15) is 0 Å². The molecule has 1 saturated heterocycles. The molecule has 0 aliphatic carbocycles. The molecule has 2 atom stereocenters. The van der Waals surface area contributed by atoms with Gasteiger partial charge in [-0.15, -0.1) is 0 Å². The number of nitrogens with one attached hydrogen (secondary N) is 1. The van der Waals surface area contributed by atoms with Gasteiger partial charge in [-0.2, -0.15) is 4.31 Å². The number of carbonyl (C=O) groups is 1. The maximum absolute atomic E-state index is 12.7. The molecule has 0 aromatic heterocycles. The van der Waals surface area contributed by atoms with Crippen LogP contribution in [-0.2, 0) is 10.0 Å². The van der Waals surface area contributed by atoms with Gasteiger partial charge in [0.25, 0.3) is 0 Å². The number of rotatable bonds is 3. The van der Waals surface area contributed by atoms with Crippen molar-refractivity contribution in [3.8, 4) is 0 Å². The first-order chi connectivity index (χ1) is 9.71. The highest BCUT2D eigenvalue weighted by molar-refractivity contribution is 9.10. The van der Waals surface area contributed by atoms with E-state index in [0.717, 1.165) is 0 Å². The first-order valence-electron chi connectivity index (χ1n) is 6.51. The first-order valence-corrected chi connectivity index (χ1v) is 8.74. The topological polar surface area (TPSA) is 86.7 Å². The molecule has 1 aromatic carbocycles. The average molecular weight is 377 g/mol. The van der Waals surface area contributed by atoms with Gasteiger partial charge in [0.15, 0.2) is 0 Å². The Bertz CT molecular complexity index is 652. The van der Waals surface area contributed by atoms with Gasteiger partial charge in [-0.05, 0) is 48.0 Å². The third kappa shape index (κ3) is 3.45. The summed E-state index contributed by atoms with van der Waals surface area (Å²) in [5, 5.41) is 12.4. The Morgan fingerprint density at radius 2 is 1.90 bits per heavy atom. The maximum atomic E-state index is 12.7. The van der Waals surface area contributed by atoms with E-state index in [2.05, 4.69) is 21.2 Å². The Hall–Kier alpha value is -0.960. The van der Waals surface area contributed by atoms with Crippen molar-refractivity contribution in [1.29, 1.82) is 0 Å². The van der Waals surface area contributed by atoms with Gasteiger partial charge in [-0.3, -0.25) is 0 Å². The van der Waals surface area contributed by atoms with Gasteiger partial charge < -0.3 is 10.4 Å². The molecule has 2 unspecified atom stereocenters. The minimum atomic E-state index is -3.69. The molecule has 116 valence electrons. The number of hydrogen-bond acceptors (Lipinski definition) is 4. The molecule has 21 heavy (non-hydrogen) atoms. The van der Waals surface area contributed by atoms with Crippen LogP contribution in [0.25, 0.3) is 0 Å². The molecular weight excluding hydrogens is 360 g/mol. The van der Waals surface area contributed by atoms with E-state index < -0.39 is 16.0 Å². The van der Waals surface area contributed by atoms with Crippen molar-refractivity contribution in [3.05, 3.63) is 28.2 Å². The van der Waals surface area contributed by atoms with Crippen LogP contribution >= 0.6 is 15.9 Å². The fourth-order valence-electron chi connectivity index (χ4n) is 2.45. The predicted molar refractivity (Wildman–Crippen MR) is 81.9 cm³/mol. The minimum absolute atomic E-state index is 0.00407. The van der Waals surface area contributed by atoms with Crippen molar-refractivity contribution in [2.75, 3.05) is 13.1 Å². The molecule has 1 fully saturated rings. The van der Waals surface area contributed by atoms with Gasteiger partial charge >= 0.3 is 5.97 Å². The van der Waals surface area contributed by atoms with Crippen molar-refractivity contribution in [2.24, 2.45) is 0 Å². The van der Waals surface area contributed by atoms with Crippen LogP contribution in [0.2, 0.25) is 0 Å². The fraction of sp³-hybridized carbons (Fsp3) is 0.462. The molecule has 0 saturated carbocycles. The van der Waals surface area contributed by atoms with Crippen molar-refractivity contribution < 1.29 is 18.3 Å². The Morgan fingerprint density at radius 1 is 1.33 bits per heavy atom. The van der Waals surface area contributed by atoms with Crippen molar-refractivity contribution >= 4 is 31.9 Å². The molecule has 2 rings (SSSR count). The van der Waals surface area contributed by atoms with Crippen LogP contribution in [0.15, 0.2) is 27.6 Å². The maximum Gasteiger partial charge on any atom is 0.336 e. The molecule has 1 heterocycles. The van der Waals surface area contributed by atoms with E-state index in [9.17, 15) is 13.2 Å². The largest absolute Gasteiger partial charge is 0.478 e. The lowest BCUT2D eigenvalue weighted by Gasteiger charge is -2.35. The molecule has 2 N–H and O–H groups in total. The zero-order valence-corrected chi connectivity index (χ0v) is 14.1. The number of piperazine rings is 1. The summed E-state index contributed by atoms with van der Waals surface area (Å²) >= 11 is 3.11. The zero-order chi connectivity index (χ0) is 15.8. The second-order valence-corrected chi connectivity index (χ2v) is 8.03. The highest BCUT2D eigenvalue weighted by Gasteiger charge is 2.31. The number of hydrogen-bond donors (Lipinski definition) is 2. The van der Waals surface area contributed by atoms with Crippen molar-refractivity contribution in [2.45, 2.75) is 30.8 Å². The summed E-state index contributed by atoms with van der Waals surface area (Å²) in [5.74, 6) is -1.17. The number of aromatic carboxylic acids is 1. The summed E-state index contributed by atoms with van der Waals surface area (Å²) in [6.45, 7) is 4.57. The van der Waals surface area contributed by atoms with Gasteiger partial charge in [-0.1, -0.05) is 0 Å². The molecule has 0 bridgehead atoms. The lowest BCUT2D eigenvalue weighted by molar-refractivity contribution is 0.0695. The standard InChI is InChI=1S/C13H17BrN2O4S/c1-8-6-16(7-9(2)15-8)21(19,20)10-3-4-12(14)11(5-10)13(17)18/h3-5,8-9,15H,6-7H2,1-2H3,(H,17,18). The quantitative estimate of drug-likeness (QED) is 0.834. The summed E-state index contributed by atoms with van der Waals surface area (Å²) in [7, 11) is -3.69. The average Bonchev–Trinajstić information content (AvgIpc) is 2.37. The Kier molecular flexibility index (Phi) is 4.72. The Balaban J connectivity index is 2.40. The monoisotopic (exact) mass is 376 g/mol. The zero-order valence-electron chi connectivity index (χ0n) is 11.7. The smallest absolute Gasteiger partial charge is 0.336 e. The molecule has 1 aromatic rings. The lowest BCUT2D eigenvalue weighted by atomic mass is 10.2. The van der Waals surface area contributed by atoms with Crippen molar-refractivity contribution in [3.63, 3.8) is 0 Å². The molecule has 1 aliphatic rings. The highest BCUT2D eigenvalue weighted by Crippen LogP contribution is 2.24. The third-order valence-electron chi connectivity index (χ3n) is 3.33. The molecule has 1 aliphatic heterocycles. The molecule has 0 spiro atoms. The van der Waals surface area contributed by atoms with Gasteiger partial charge in [0, 0.05) is 29.6 Å². The summed E-state index contributed by atoms with van der Waals surface area (Å²) in [6, 6.07) is 4.17. The molecule has 6 nitrogen and oxygen atoms in total. The third-order valence-corrected chi connectivity index (χ3v) is 5.85. The van der Waals surface area contributed by atoms with Gasteiger partial charge in [-0.25, -0.2) is 13.2 Å². The molecular formula is C13H17BrN2O4S. The fourth-order valence-corrected chi connectivity index (χ4v) is 4.51. The van der Waals surface area contributed by atoms with E-state index in [1.165, 1.54) is 22.5 Å². The Morgan fingerprint density at radius 3 is 2.43 bits per heavy atom. The second kappa shape index (κ2) is 6.04. The van der Waals surface area contributed by atoms with E-state index in [-0.39, 0.29) is 22.5 Å². The number of nitrogens with zero attached hydrogens (tertiary/aromatic N) is 1. The number of sulfonamides is 1. The molecule has 8 heteroatoms. The number of benzene rings is 1. The lowest BCUT2D eigenvalue weighted by Crippen LogP contribution is -2.55. The summed E-state index contributed by atoms with van der Waals surface area (Å²) in [6.07, 6.45) is 0. The number of halogens is 1. The van der Waals surface area contributed by atoms with E-state index in [1.54, 1.807) is 0 Å². The van der Waals surface area contributed by atoms with Crippen LogP contribution in [0.5, 0.6) is 0 Å².